The molecule has 23 heavy (non-hydrogen) atoms. The van der Waals surface area contributed by atoms with E-state index in [1.807, 2.05) is 24.0 Å². The third-order valence-electron chi connectivity index (χ3n) is 4.69. The average Bonchev–Trinajstić information content (AvgIpc) is 3.12. The highest BCUT2D eigenvalue weighted by molar-refractivity contribution is 5.75. The second-order valence-electron chi connectivity index (χ2n) is 6.36. The van der Waals surface area contributed by atoms with Crippen LogP contribution in [0.2, 0.25) is 0 Å². The molecule has 0 radical (unpaired) electrons. The van der Waals surface area contributed by atoms with Gasteiger partial charge in [-0.2, -0.15) is 0 Å². The highest BCUT2D eigenvalue weighted by Gasteiger charge is 2.37. The van der Waals surface area contributed by atoms with E-state index in [1.54, 1.807) is 7.11 Å². The van der Waals surface area contributed by atoms with Crippen molar-refractivity contribution in [2.45, 2.75) is 50.8 Å². The van der Waals surface area contributed by atoms with Gasteiger partial charge in [0, 0.05) is 20.3 Å². The Bertz CT molecular complexity index is 530. The van der Waals surface area contributed by atoms with Gasteiger partial charge in [0.1, 0.15) is 17.6 Å². The van der Waals surface area contributed by atoms with Crippen LogP contribution in [0.5, 0.6) is 0 Å². The van der Waals surface area contributed by atoms with Gasteiger partial charge in [0.15, 0.2) is 0 Å². The molecule has 3 rings (SSSR count). The Morgan fingerprint density at radius 3 is 3.04 bits per heavy atom. The molecule has 1 aliphatic heterocycles. The molecule has 1 aliphatic carbocycles. The number of carbonyl (C=O) groups excluding carboxylic acids is 1. The summed E-state index contributed by atoms with van der Waals surface area (Å²) in [4.78, 5) is 14.8. The first-order valence-electron chi connectivity index (χ1n) is 8.43. The van der Waals surface area contributed by atoms with E-state index in [-0.39, 0.29) is 24.2 Å². The molecule has 1 aromatic heterocycles. The zero-order valence-corrected chi connectivity index (χ0v) is 13.9. The lowest BCUT2D eigenvalue weighted by Gasteiger charge is -2.31. The zero-order valence-electron chi connectivity index (χ0n) is 13.9. The van der Waals surface area contributed by atoms with Gasteiger partial charge in [-0.3, -0.25) is 0 Å². The van der Waals surface area contributed by atoms with Gasteiger partial charge < -0.3 is 24.1 Å². The number of hydrogen-bond acceptors (Lipinski definition) is 4. The second kappa shape index (κ2) is 7.36. The Kier molecular flexibility index (Phi) is 5.23. The van der Waals surface area contributed by atoms with Crippen LogP contribution in [0.15, 0.2) is 16.5 Å². The quantitative estimate of drug-likeness (QED) is 0.925. The first-order chi connectivity index (χ1) is 11.2. The van der Waals surface area contributed by atoms with E-state index in [1.165, 1.54) is 0 Å². The Morgan fingerprint density at radius 2 is 2.30 bits per heavy atom. The lowest BCUT2D eigenvalue weighted by molar-refractivity contribution is 0.0394. The molecule has 2 amide bonds. The lowest BCUT2D eigenvalue weighted by atomic mass is 10.2. The fraction of sp³-hybridized carbons (Fsp3) is 0.706. The number of hydrogen-bond donors (Lipinski definition) is 1. The van der Waals surface area contributed by atoms with Gasteiger partial charge >= 0.3 is 6.03 Å². The predicted molar refractivity (Wildman–Crippen MR) is 85.3 cm³/mol. The SMILES string of the molecule is COC[C@H](NC(=O)N1CCCO[C@H]2CCC[C@H]21)c1ccc(C)o1. The summed E-state index contributed by atoms with van der Waals surface area (Å²) >= 11 is 0. The summed E-state index contributed by atoms with van der Waals surface area (Å²) in [5, 5.41) is 3.07. The summed E-state index contributed by atoms with van der Waals surface area (Å²) in [7, 11) is 1.63. The van der Waals surface area contributed by atoms with Crippen molar-refractivity contribution in [2.24, 2.45) is 0 Å². The molecule has 2 heterocycles. The third-order valence-corrected chi connectivity index (χ3v) is 4.69. The summed E-state index contributed by atoms with van der Waals surface area (Å²) in [6.45, 7) is 3.76. The molecule has 1 aromatic rings. The first kappa shape index (κ1) is 16.3. The third kappa shape index (κ3) is 3.70. The minimum Gasteiger partial charge on any atom is -0.464 e. The maximum atomic E-state index is 12.8. The van der Waals surface area contributed by atoms with Crippen LogP contribution in [0, 0.1) is 6.92 Å². The molecular formula is C17H26N2O4. The smallest absolute Gasteiger partial charge is 0.318 e. The Hall–Kier alpha value is -1.53. The molecule has 2 fully saturated rings. The Balaban J connectivity index is 1.70. The maximum absolute atomic E-state index is 12.8. The van der Waals surface area contributed by atoms with E-state index < -0.39 is 0 Å². The fourth-order valence-electron chi connectivity index (χ4n) is 3.58. The van der Waals surface area contributed by atoms with Gasteiger partial charge in [-0.05, 0) is 44.7 Å². The minimum atomic E-state index is -0.273. The molecule has 2 aliphatic rings. The Morgan fingerprint density at radius 1 is 1.43 bits per heavy atom. The molecule has 6 heteroatoms. The monoisotopic (exact) mass is 322 g/mol. The first-order valence-corrected chi connectivity index (χ1v) is 8.43. The van der Waals surface area contributed by atoms with E-state index in [2.05, 4.69) is 5.32 Å². The molecule has 1 saturated heterocycles. The van der Waals surface area contributed by atoms with Crippen molar-refractivity contribution >= 4 is 6.03 Å². The summed E-state index contributed by atoms with van der Waals surface area (Å²) in [6, 6.07) is 3.66. The number of aryl methyl sites for hydroxylation is 1. The second-order valence-corrected chi connectivity index (χ2v) is 6.36. The summed E-state index contributed by atoms with van der Waals surface area (Å²) in [5.41, 5.74) is 0. The van der Waals surface area contributed by atoms with Crippen LogP contribution >= 0.6 is 0 Å². The van der Waals surface area contributed by atoms with Crippen LogP contribution in [-0.2, 0) is 9.47 Å². The zero-order chi connectivity index (χ0) is 16.2. The number of carbonyl (C=O) groups is 1. The lowest BCUT2D eigenvalue weighted by Crippen LogP contribution is -2.49. The molecule has 1 N–H and O–H groups in total. The summed E-state index contributed by atoms with van der Waals surface area (Å²) < 4.78 is 16.8. The number of urea groups is 1. The molecule has 1 saturated carbocycles. The highest BCUT2D eigenvalue weighted by atomic mass is 16.5. The number of fused-ring (bicyclic) bond motifs is 1. The van der Waals surface area contributed by atoms with Gasteiger partial charge in [0.05, 0.1) is 18.8 Å². The van der Waals surface area contributed by atoms with E-state index in [4.69, 9.17) is 13.9 Å². The number of nitrogens with zero attached hydrogens (tertiary/aromatic N) is 1. The molecule has 0 unspecified atom stereocenters. The van der Waals surface area contributed by atoms with Crippen molar-refractivity contribution in [3.63, 3.8) is 0 Å². The molecule has 0 aromatic carbocycles. The minimum absolute atomic E-state index is 0.0523. The predicted octanol–water partition coefficient (Wildman–Crippen LogP) is 2.63. The number of methoxy groups -OCH3 is 1. The number of furan rings is 1. The topological polar surface area (TPSA) is 63.9 Å². The van der Waals surface area contributed by atoms with Crippen LogP contribution in [0.25, 0.3) is 0 Å². The highest BCUT2D eigenvalue weighted by Crippen LogP contribution is 2.29. The van der Waals surface area contributed by atoms with Gasteiger partial charge in [-0.25, -0.2) is 4.79 Å². The van der Waals surface area contributed by atoms with Gasteiger partial charge in [0.25, 0.3) is 0 Å². The summed E-state index contributed by atoms with van der Waals surface area (Å²) in [5.74, 6) is 1.56. The molecule has 128 valence electrons. The van der Waals surface area contributed by atoms with Crippen molar-refractivity contribution in [1.29, 1.82) is 0 Å². The van der Waals surface area contributed by atoms with Gasteiger partial charge in [0.2, 0.25) is 0 Å². The number of ether oxygens (including phenoxy) is 2. The van der Waals surface area contributed by atoms with E-state index in [0.717, 1.165) is 50.4 Å². The Labute approximate surface area is 137 Å². The van der Waals surface area contributed by atoms with E-state index in [0.29, 0.717) is 6.61 Å². The standard InChI is InChI=1S/C17H26N2O4/c1-12-7-8-15(23-12)13(11-21-2)18-17(20)19-9-4-10-22-16-6-3-5-14(16)19/h7-8,13-14,16H,3-6,9-11H2,1-2H3,(H,18,20)/t13-,14+,16-/m0/s1. The van der Waals surface area contributed by atoms with Crippen LogP contribution in [0.3, 0.4) is 0 Å². The van der Waals surface area contributed by atoms with Crippen LogP contribution in [0.4, 0.5) is 4.79 Å². The number of nitrogens with one attached hydrogen (secondary N) is 1. The van der Waals surface area contributed by atoms with Crippen molar-refractivity contribution in [1.82, 2.24) is 10.2 Å². The van der Waals surface area contributed by atoms with Crippen LogP contribution in [0.1, 0.15) is 43.2 Å². The van der Waals surface area contributed by atoms with E-state index >= 15 is 0 Å². The van der Waals surface area contributed by atoms with Gasteiger partial charge in [-0.1, -0.05) is 0 Å². The van der Waals surface area contributed by atoms with E-state index in [9.17, 15) is 4.79 Å². The van der Waals surface area contributed by atoms with Crippen molar-refractivity contribution in [3.8, 4) is 0 Å². The van der Waals surface area contributed by atoms with Crippen molar-refractivity contribution in [2.75, 3.05) is 26.9 Å². The average molecular weight is 322 g/mol. The largest absolute Gasteiger partial charge is 0.464 e. The molecule has 6 nitrogen and oxygen atoms in total. The normalized spacial score (nSPS) is 25.7. The fourth-order valence-corrected chi connectivity index (χ4v) is 3.58. The number of amides is 2. The molecule has 3 atom stereocenters. The van der Waals surface area contributed by atoms with Crippen molar-refractivity contribution in [3.05, 3.63) is 23.7 Å². The molecule has 0 spiro atoms. The molecule has 0 bridgehead atoms. The maximum Gasteiger partial charge on any atom is 0.318 e. The van der Waals surface area contributed by atoms with Gasteiger partial charge in [-0.15, -0.1) is 0 Å². The van der Waals surface area contributed by atoms with Crippen LogP contribution in [-0.4, -0.2) is 49.9 Å². The number of rotatable bonds is 4. The van der Waals surface area contributed by atoms with Crippen LogP contribution < -0.4 is 5.32 Å². The van der Waals surface area contributed by atoms with Crippen molar-refractivity contribution < 1.29 is 18.7 Å². The molecular weight excluding hydrogens is 296 g/mol. The summed E-state index contributed by atoms with van der Waals surface area (Å²) in [6.07, 6.45) is 4.27.